The van der Waals surface area contributed by atoms with Crippen molar-refractivity contribution >= 4 is 5.78 Å². The van der Waals surface area contributed by atoms with Crippen LogP contribution in [0.5, 0.6) is 5.75 Å². The Morgan fingerprint density at radius 1 is 1.15 bits per heavy atom. The van der Waals surface area contributed by atoms with Crippen LogP contribution in [-0.4, -0.2) is 17.9 Å². The molecule has 0 bridgehead atoms. The molecule has 2 aromatic rings. The zero-order chi connectivity index (χ0) is 14.8. The Morgan fingerprint density at radius 2 is 1.85 bits per heavy atom. The number of pyridine rings is 1. The first-order chi connectivity index (χ1) is 9.45. The Hall–Kier alpha value is -2.37. The third-order valence-corrected chi connectivity index (χ3v) is 2.72. The molecule has 1 aromatic heterocycles. The van der Waals surface area contributed by atoms with E-state index in [-0.39, 0.29) is 11.3 Å². The van der Waals surface area contributed by atoms with Gasteiger partial charge in [0, 0.05) is 12.4 Å². The summed E-state index contributed by atoms with van der Waals surface area (Å²) in [6, 6.07) is 6.89. The molecule has 0 N–H and O–H groups in total. The molecule has 1 aromatic carbocycles. The second kappa shape index (κ2) is 5.32. The standard InChI is InChI=1S/C14H10F3NO2/c1-20-12-5-3-2-4-9(12)13(19)10-8-18-7-6-11(10)14(15,16)17/h2-8H,1H3. The maximum absolute atomic E-state index is 12.9. The molecule has 0 aliphatic heterocycles. The molecule has 0 radical (unpaired) electrons. The van der Waals surface area contributed by atoms with Crippen molar-refractivity contribution in [3.63, 3.8) is 0 Å². The molecular formula is C14H10F3NO2. The summed E-state index contributed by atoms with van der Waals surface area (Å²) in [4.78, 5) is 15.9. The first-order valence-corrected chi connectivity index (χ1v) is 5.64. The van der Waals surface area contributed by atoms with Gasteiger partial charge in [0.15, 0.2) is 5.78 Å². The second-order valence-corrected chi connectivity index (χ2v) is 3.95. The van der Waals surface area contributed by atoms with Gasteiger partial charge < -0.3 is 4.74 Å². The van der Waals surface area contributed by atoms with Crippen LogP contribution in [0.2, 0.25) is 0 Å². The van der Waals surface area contributed by atoms with Crippen LogP contribution in [0.1, 0.15) is 21.5 Å². The molecule has 0 aliphatic rings. The second-order valence-electron chi connectivity index (χ2n) is 3.95. The fourth-order valence-electron chi connectivity index (χ4n) is 1.80. The minimum absolute atomic E-state index is 0.0634. The first kappa shape index (κ1) is 14.0. The number of hydrogen-bond acceptors (Lipinski definition) is 3. The normalized spacial score (nSPS) is 11.2. The topological polar surface area (TPSA) is 39.2 Å². The molecule has 6 heteroatoms. The molecule has 0 saturated heterocycles. The summed E-state index contributed by atoms with van der Waals surface area (Å²) in [5, 5.41) is 0. The first-order valence-electron chi connectivity index (χ1n) is 5.64. The van der Waals surface area contributed by atoms with Gasteiger partial charge in [0.05, 0.1) is 23.8 Å². The van der Waals surface area contributed by atoms with E-state index >= 15 is 0 Å². The van der Waals surface area contributed by atoms with E-state index in [1.165, 1.54) is 19.2 Å². The van der Waals surface area contributed by atoms with E-state index < -0.39 is 23.1 Å². The lowest BCUT2D eigenvalue weighted by atomic mass is 9.99. The van der Waals surface area contributed by atoms with Crippen molar-refractivity contribution in [3.05, 3.63) is 59.4 Å². The molecule has 20 heavy (non-hydrogen) atoms. The Balaban J connectivity index is 2.55. The number of carbonyl (C=O) groups is 1. The van der Waals surface area contributed by atoms with Gasteiger partial charge in [-0.15, -0.1) is 0 Å². The lowest BCUT2D eigenvalue weighted by molar-refractivity contribution is -0.137. The van der Waals surface area contributed by atoms with Crippen LogP contribution >= 0.6 is 0 Å². The van der Waals surface area contributed by atoms with Crippen LogP contribution in [-0.2, 0) is 6.18 Å². The van der Waals surface area contributed by atoms with Crippen molar-refractivity contribution in [2.24, 2.45) is 0 Å². The molecule has 0 spiro atoms. The lowest BCUT2D eigenvalue weighted by Gasteiger charge is -2.12. The van der Waals surface area contributed by atoms with E-state index in [2.05, 4.69) is 4.98 Å². The average Bonchev–Trinajstić information content (AvgIpc) is 2.45. The maximum Gasteiger partial charge on any atom is 0.417 e. The average molecular weight is 281 g/mol. The highest BCUT2D eigenvalue weighted by molar-refractivity contribution is 6.11. The van der Waals surface area contributed by atoms with Crippen LogP contribution < -0.4 is 4.74 Å². The number of carbonyl (C=O) groups excluding carboxylic acids is 1. The number of rotatable bonds is 3. The molecule has 0 atom stereocenters. The molecule has 0 aliphatic carbocycles. The minimum atomic E-state index is -4.62. The molecule has 0 fully saturated rings. The third kappa shape index (κ3) is 2.64. The van der Waals surface area contributed by atoms with Crippen molar-refractivity contribution in [1.29, 1.82) is 0 Å². The Labute approximate surface area is 113 Å². The summed E-state index contributed by atoms with van der Waals surface area (Å²) < 4.78 is 43.7. The molecule has 1 heterocycles. The van der Waals surface area contributed by atoms with Crippen molar-refractivity contribution < 1.29 is 22.7 Å². The van der Waals surface area contributed by atoms with Gasteiger partial charge >= 0.3 is 6.18 Å². The molecule has 104 valence electrons. The molecule has 3 nitrogen and oxygen atoms in total. The Bertz CT molecular complexity index is 638. The van der Waals surface area contributed by atoms with Gasteiger partial charge in [-0.3, -0.25) is 9.78 Å². The van der Waals surface area contributed by atoms with Gasteiger partial charge in [-0.25, -0.2) is 0 Å². The zero-order valence-electron chi connectivity index (χ0n) is 10.4. The van der Waals surface area contributed by atoms with Crippen LogP contribution in [0.25, 0.3) is 0 Å². The molecule has 0 amide bonds. The van der Waals surface area contributed by atoms with E-state index in [9.17, 15) is 18.0 Å². The summed E-state index contributed by atoms with van der Waals surface area (Å²) in [5.74, 6) is -0.558. The summed E-state index contributed by atoms with van der Waals surface area (Å²) in [6.07, 6.45) is -2.70. The van der Waals surface area contributed by atoms with E-state index in [1.54, 1.807) is 12.1 Å². The summed E-state index contributed by atoms with van der Waals surface area (Å²) in [7, 11) is 1.35. The monoisotopic (exact) mass is 281 g/mol. The highest BCUT2D eigenvalue weighted by atomic mass is 19.4. The third-order valence-electron chi connectivity index (χ3n) is 2.72. The number of aromatic nitrogens is 1. The molecule has 2 rings (SSSR count). The number of methoxy groups -OCH3 is 1. The van der Waals surface area contributed by atoms with Crippen LogP contribution in [0, 0.1) is 0 Å². The highest BCUT2D eigenvalue weighted by Crippen LogP contribution is 2.33. The maximum atomic E-state index is 12.9. The van der Waals surface area contributed by atoms with Crippen LogP contribution in [0.15, 0.2) is 42.7 Å². The number of ether oxygens (including phenoxy) is 1. The number of hydrogen-bond donors (Lipinski definition) is 0. The van der Waals surface area contributed by atoms with Crippen LogP contribution in [0.4, 0.5) is 13.2 Å². The largest absolute Gasteiger partial charge is 0.496 e. The van der Waals surface area contributed by atoms with E-state index in [0.717, 1.165) is 18.5 Å². The number of halogens is 3. The lowest BCUT2D eigenvalue weighted by Crippen LogP contribution is -2.14. The number of benzene rings is 1. The van der Waals surface area contributed by atoms with E-state index in [0.29, 0.717) is 0 Å². The number of nitrogens with zero attached hydrogens (tertiary/aromatic N) is 1. The predicted molar refractivity (Wildman–Crippen MR) is 65.7 cm³/mol. The quantitative estimate of drug-likeness (QED) is 0.810. The Kier molecular flexibility index (Phi) is 3.74. The molecular weight excluding hydrogens is 271 g/mol. The van der Waals surface area contributed by atoms with E-state index in [4.69, 9.17) is 4.74 Å². The minimum Gasteiger partial charge on any atom is -0.496 e. The molecule has 0 unspecified atom stereocenters. The molecule has 0 saturated carbocycles. The van der Waals surface area contributed by atoms with Crippen molar-refractivity contribution in [3.8, 4) is 5.75 Å². The predicted octanol–water partition coefficient (Wildman–Crippen LogP) is 3.34. The van der Waals surface area contributed by atoms with Crippen LogP contribution in [0.3, 0.4) is 0 Å². The van der Waals surface area contributed by atoms with Gasteiger partial charge in [-0.2, -0.15) is 13.2 Å². The Morgan fingerprint density at radius 3 is 2.50 bits per heavy atom. The smallest absolute Gasteiger partial charge is 0.417 e. The number of alkyl halides is 3. The van der Waals surface area contributed by atoms with E-state index in [1.807, 2.05) is 0 Å². The SMILES string of the molecule is COc1ccccc1C(=O)c1cnccc1C(F)(F)F. The van der Waals surface area contributed by atoms with Gasteiger partial charge in [0.2, 0.25) is 0 Å². The fourth-order valence-corrected chi connectivity index (χ4v) is 1.80. The van der Waals surface area contributed by atoms with Crippen molar-refractivity contribution in [1.82, 2.24) is 4.98 Å². The summed E-state index contributed by atoms with van der Waals surface area (Å²) in [6.45, 7) is 0. The number of ketones is 1. The van der Waals surface area contributed by atoms with Crippen molar-refractivity contribution in [2.75, 3.05) is 7.11 Å². The highest BCUT2D eigenvalue weighted by Gasteiger charge is 2.35. The fraction of sp³-hybridized carbons (Fsp3) is 0.143. The van der Waals surface area contributed by atoms with Gasteiger partial charge in [0.1, 0.15) is 5.75 Å². The van der Waals surface area contributed by atoms with Gasteiger partial charge in [0.25, 0.3) is 0 Å². The zero-order valence-corrected chi connectivity index (χ0v) is 10.4. The van der Waals surface area contributed by atoms with Gasteiger partial charge in [-0.1, -0.05) is 12.1 Å². The summed E-state index contributed by atoms with van der Waals surface area (Å²) in [5.41, 5.74) is -1.44. The van der Waals surface area contributed by atoms with Gasteiger partial charge in [-0.05, 0) is 18.2 Å². The summed E-state index contributed by atoms with van der Waals surface area (Å²) >= 11 is 0. The number of para-hydroxylation sites is 1. The van der Waals surface area contributed by atoms with Crippen molar-refractivity contribution in [2.45, 2.75) is 6.18 Å².